The molecule has 0 saturated heterocycles. The van der Waals surface area contributed by atoms with Crippen LogP contribution >= 0.6 is 0 Å². The van der Waals surface area contributed by atoms with Crippen LogP contribution in [0.25, 0.3) is 0 Å². The molecule has 0 unspecified atom stereocenters. The van der Waals surface area contributed by atoms with Gasteiger partial charge >= 0.3 is 0 Å². The molecular formula is C12H23N3O3. The van der Waals surface area contributed by atoms with E-state index in [4.69, 9.17) is 10.5 Å². The predicted molar refractivity (Wildman–Crippen MR) is 67.8 cm³/mol. The molecule has 0 heterocycles. The number of methoxy groups -OCH3 is 1. The highest BCUT2D eigenvalue weighted by Gasteiger charge is 2.24. The van der Waals surface area contributed by atoms with Crippen LogP contribution in [0.5, 0.6) is 0 Å². The van der Waals surface area contributed by atoms with E-state index < -0.39 is 0 Å². The van der Waals surface area contributed by atoms with Gasteiger partial charge in [-0.3, -0.25) is 9.59 Å². The second kappa shape index (κ2) is 8.05. The molecule has 0 aliphatic heterocycles. The molecule has 6 heteroatoms. The molecule has 1 saturated carbocycles. The average molecular weight is 257 g/mol. The number of amides is 2. The minimum Gasteiger partial charge on any atom is -0.383 e. The van der Waals surface area contributed by atoms with E-state index in [1.165, 1.54) is 0 Å². The van der Waals surface area contributed by atoms with Crippen molar-refractivity contribution >= 4 is 11.8 Å². The zero-order valence-electron chi connectivity index (χ0n) is 10.9. The van der Waals surface area contributed by atoms with Gasteiger partial charge in [0.05, 0.1) is 13.2 Å². The molecule has 1 aliphatic rings. The molecule has 0 bridgehead atoms. The molecule has 1 aliphatic carbocycles. The number of nitrogens with one attached hydrogen (secondary N) is 2. The summed E-state index contributed by atoms with van der Waals surface area (Å²) >= 11 is 0. The van der Waals surface area contributed by atoms with E-state index >= 15 is 0 Å². The summed E-state index contributed by atoms with van der Waals surface area (Å²) in [6.07, 6.45) is 3.44. The third-order valence-electron chi connectivity index (χ3n) is 3.31. The first kappa shape index (κ1) is 14.9. The number of carbonyl (C=O) groups excluding carboxylic acids is 2. The maximum absolute atomic E-state index is 11.4. The Morgan fingerprint density at radius 1 is 1.28 bits per heavy atom. The van der Waals surface area contributed by atoms with Gasteiger partial charge < -0.3 is 21.1 Å². The Morgan fingerprint density at radius 2 is 1.94 bits per heavy atom. The Labute approximate surface area is 108 Å². The first-order valence-corrected chi connectivity index (χ1v) is 6.41. The van der Waals surface area contributed by atoms with Gasteiger partial charge in [-0.25, -0.2) is 0 Å². The van der Waals surface area contributed by atoms with Gasteiger partial charge in [0.1, 0.15) is 0 Å². The van der Waals surface area contributed by atoms with Crippen molar-refractivity contribution in [2.75, 3.05) is 26.8 Å². The summed E-state index contributed by atoms with van der Waals surface area (Å²) in [5, 5.41) is 5.95. The number of primary amides is 1. The van der Waals surface area contributed by atoms with Crippen molar-refractivity contribution < 1.29 is 14.3 Å². The van der Waals surface area contributed by atoms with Crippen molar-refractivity contribution in [1.82, 2.24) is 10.6 Å². The Bertz CT molecular complexity index is 276. The predicted octanol–water partition coefficient (Wildman–Crippen LogP) is -0.617. The quantitative estimate of drug-likeness (QED) is 0.530. The Hall–Kier alpha value is -1.14. The first-order chi connectivity index (χ1) is 8.63. The summed E-state index contributed by atoms with van der Waals surface area (Å²) < 4.78 is 4.84. The number of nitrogens with two attached hydrogens (primary N) is 1. The minimum atomic E-state index is -0.203. The normalized spacial score (nSPS) is 23.6. The maximum Gasteiger partial charge on any atom is 0.234 e. The second-order valence-electron chi connectivity index (χ2n) is 4.67. The summed E-state index contributed by atoms with van der Waals surface area (Å²) in [6, 6.07) is 0.314. The highest BCUT2D eigenvalue weighted by Crippen LogP contribution is 2.23. The summed E-state index contributed by atoms with van der Waals surface area (Å²) in [4.78, 5) is 22.4. The largest absolute Gasteiger partial charge is 0.383 e. The lowest BCUT2D eigenvalue weighted by molar-refractivity contribution is -0.123. The minimum absolute atomic E-state index is 0.0126. The smallest absolute Gasteiger partial charge is 0.234 e. The van der Waals surface area contributed by atoms with Gasteiger partial charge in [0, 0.05) is 25.6 Å². The number of hydrogen-bond donors (Lipinski definition) is 3. The molecule has 2 amide bonds. The molecule has 18 heavy (non-hydrogen) atoms. The molecule has 0 spiro atoms. The van der Waals surface area contributed by atoms with Gasteiger partial charge in [-0.2, -0.15) is 0 Å². The van der Waals surface area contributed by atoms with E-state index in [9.17, 15) is 9.59 Å². The van der Waals surface area contributed by atoms with E-state index in [-0.39, 0.29) is 17.7 Å². The van der Waals surface area contributed by atoms with Crippen LogP contribution in [-0.4, -0.2) is 44.7 Å². The fourth-order valence-electron chi connectivity index (χ4n) is 2.17. The highest BCUT2D eigenvalue weighted by molar-refractivity contribution is 5.78. The number of rotatable bonds is 7. The molecule has 0 aromatic carbocycles. The van der Waals surface area contributed by atoms with Crippen molar-refractivity contribution in [2.45, 2.75) is 31.7 Å². The van der Waals surface area contributed by atoms with E-state index in [0.717, 1.165) is 25.7 Å². The highest BCUT2D eigenvalue weighted by atomic mass is 16.5. The molecule has 0 atom stereocenters. The van der Waals surface area contributed by atoms with Crippen LogP contribution in [0.3, 0.4) is 0 Å². The zero-order chi connectivity index (χ0) is 13.4. The number of hydrogen-bond acceptors (Lipinski definition) is 4. The van der Waals surface area contributed by atoms with E-state index in [1.54, 1.807) is 7.11 Å². The van der Waals surface area contributed by atoms with Gasteiger partial charge in [0.2, 0.25) is 11.8 Å². The molecule has 1 fully saturated rings. The van der Waals surface area contributed by atoms with E-state index in [1.807, 2.05) is 0 Å². The standard InChI is InChI=1S/C12H23N3O3/c1-18-7-6-14-11(16)8-15-10-4-2-9(3-5-10)12(13)17/h9-10,15H,2-8H2,1H3,(H2,13,17)(H,14,16). The van der Waals surface area contributed by atoms with Crippen LogP contribution in [0.2, 0.25) is 0 Å². The average Bonchev–Trinajstić information content (AvgIpc) is 2.37. The van der Waals surface area contributed by atoms with Gasteiger partial charge in [0.25, 0.3) is 0 Å². The lowest BCUT2D eigenvalue weighted by atomic mass is 9.85. The Balaban J connectivity index is 2.10. The van der Waals surface area contributed by atoms with Crippen molar-refractivity contribution in [3.8, 4) is 0 Å². The van der Waals surface area contributed by atoms with Crippen LogP contribution < -0.4 is 16.4 Å². The molecule has 104 valence electrons. The fourth-order valence-corrected chi connectivity index (χ4v) is 2.17. The molecule has 0 radical (unpaired) electrons. The maximum atomic E-state index is 11.4. The summed E-state index contributed by atoms with van der Waals surface area (Å²) in [5.41, 5.74) is 5.27. The van der Waals surface area contributed by atoms with Crippen molar-refractivity contribution in [1.29, 1.82) is 0 Å². The summed E-state index contributed by atoms with van der Waals surface area (Å²) in [5.74, 6) is -0.214. The van der Waals surface area contributed by atoms with Crippen LogP contribution in [0.1, 0.15) is 25.7 Å². The third kappa shape index (κ3) is 5.46. The Morgan fingerprint density at radius 3 is 2.50 bits per heavy atom. The van der Waals surface area contributed by atoms with Crippen molar-refractivity contribution in [3.63, 3.8) is 0 Å². The zero-order valence-corrected chi connectivity index (χ0v) is 10.9. The summed E-state index contributed by atoms with van der Waals surface area (Å²) in [6.45, 7) is 1.37. The van der Waals surface area contributed by atoms with Crippen LogP contribution in [0, 0.1) is 5.92 Å². The van der Waals surface area contributed by atoms with Gasteiger partial charge in [-0.1, -0.05) is 0 Å². The summed E-state index contributed by atoms with van der Waals surface area (Å²) in [7, 11) is 1.60. The molecule has 4 N–H and O–H groups in total. The lowest BCUT2D eigenvalue weighted by Gasteiger charge is -2.27. The number of carbonyl (C=O) groups is 2. The lowest BCUT2D eigenvalue weighted by Crippen LogP contribution is -2.42. The third-order valence-corrected chi connectivity index (χ3v) is 3.31. The molecule has 1 rings (SSSR count). The SMILES string of the molecule is COCCNC(=O)CNC1CCC(C(N)=O)CC1. The van der Waals surface area contributed by atoms with Gasteiger partial charge in [-0.15, -0.1) is 0 Å². The molecule has 0 aromatic rings. The molecule has 0 aromatic heterocycles. The van der Waals surface area contributed by atoms with Crippen LogP contribution in [0.15, 0.2) is 0 Å². The topological polar surface area (TPSA) is 93.4 Å². The fraction of sp³-hybridized carbons (Fsp3) is 0.833. The molecule has 6 nitrogen and oxygen atoms in total. The van der Waals surface area contributed by atoms with Gasteiger partial charge in [-0.05, 0) is 25.7 Å². The van der Waals surface area contributed by atoms with Crippen molar-refractivity contribution in [3.05, 3.63) is 0 Å². The second-order valence-corrected chi connectivity index (χ2v) is 4.67. The Kier molecular flexibility index (Phi) is 6.67. The van der Waals surface area contributed by atoms with Crippen LogP contribution in [0.4, 0.5) is 0 Å². The van der Waals surface area contributed by atoms with Crippen molar-refractivity contribution in [2.24, 2.45) is 11.7 Å². The number of ether oxygens (including phenoxy) is 1. The first-order valence-electron chi connectivity index (χ1n) is 6.41. The van der Waals surface area contributed by atoms with Crippen LogP contribution in [-0.2, 0) is 14.3 Å². The molecular weight excluding hydrogens is 234 g/mol. The van der Waals surface area contributed by atoms with E-state index in [0.29, 0.717) is 25.7 Å². The monoisotopic (exact) mass is 257 g/mol. The van der Waals surface area contributed by atoms with E-state index in [2.05, 4.69) is 10.6 Å². The van der Waals surface area contributed by atoms with Gasteiger partial charge in [0.15, 0.2) is 0 Å².